The molecule has 30 heavy (non-hydrogen) atoms. The zero-order valence-electron chi connectivity index (χ0n) is 15.8. The number of imidazole rings is 2. The van der Waals surface area contributed by atoms with E-state index in [1.54, 1.807) is 0 Å². The van der Waals surface area contributed by atoms with Crippen LogP contribution in [0.3, 0.4) is 0 Å². The number of rotatable bonds is 4. The van der Waals surface area contributed by atoms with Crippen LogP contribution in [0.2, 0.25) is 0 Å². The van der Waals surface area contributed by atoms with Gasteiger partial charge in [0, 0.05) is 6.42 Å². The smallest absolute Gasteiger partial charge is 0.107 e. The summed E-state index contributed by atoms with van der Waals surface area (Å²) in [6.07, 6.45) is 6.18. The fraction of sp³-hybridized carbons (Fsp3) is 0.333. The Bertz CT molecular complexity index is 894. The minimum Gasteiger partial charge on any atom is -0.342 e. The first-order valence-electron chi connectivity index (χ1n) is 9.04. The highest BCUT2D eigenvalue weighted by atomic mass is 31.0. The maximum absolute atomic E-state index is 4.49. The first-order valence-corrected chi connectivity index (χ1v) is 10.7. The quantitative estimate of drug-likeness (QED) is 0.257. The lowest BCUT2D eigenvalue weighted by molar-refractivity contribution is 0.870. The monoisotopic (exact) mass is 446 g/mol. The number of benzene rings is 2. The van der Waals surface area contributed by atoms with Crippen LogP contribution >= 0.6 is 18.5 Å². The zero-order chi connectivity index (χ0) is 19.5. The molecule has 166 valence electrons. The van der Waals surface area contributed by atoms with Crippen molar-refractivity contribution in [1.29, 1.82) is 0 Å². The van der Waals surface area contributed by atoms with E-state index in [1.807, 2.05) is 55.5 Å². The number of para-hydroxylation sites is 4. The molecule has 0 aliphatic heterocycles. The summed E-state index contributed by atoms with van der Waals surface area (Å²) in [4.78, 5) is 15.2. The summed E-state index contributed by atoms with van der Waals surface area (Å²) >= 11 is 0. The molecule has 4 aromatic rings. The van der Waals surface area contributed by atoms with Gasteiger partial charge in [0.05, 0.1) is 22.1 Å². The summed E-state index contributed by atoms with van der Waals surface area (Å²) in [6.45, 7) is 5.42. The van der Waals surface area contributed by atoms with E-state index in [0.29, 0.717) is 0 Å². The van der Waals surface area contributed by atoms with E-state index in [9.17, 15) is 0 Å². The number of H-pyrrole nitrogens is 2. The van der Waals surface area contributed by atoms with Crippen molar-refractivity contribution in [3.63, 3.8) is 0 Å². The fourth-order valence-corrected chi connectivity index (χ4v) is 2.68. The third-order valence-corrected chi connectivity index (χ3v) is 4.47. The molecule has 0 spiro atoms. The lowest BCUT2D eigenvalue weighted by Crippen LogP contribution is -1.87. The van der Waals surface area contributed by atoms with Gasteiger partial charge < -0.3 is 9.97 Å². The molecule has 4 nitrogen and oxygen atoms in total. The Kier molecular flexibility index (Phi) is 16.8. The van der Waals surface area contributed by atoms with Gasteiger partial charge in [-0.25, -0.2) is 9.97 Å². The molecule has 2 aromatic heterocycles. The molecule has 0 aliphatic rings. The van der Waals surface area contributed by atoms with Gasteiger partial charge in [-0.3, -0.25) is 0 Å². The largest absolute Gasteiger partial charge is 0.342 e. The highest BCUT2D eigenvalue weighted by Crippen LogP contribution is 2.11. The number of hydrogen-bond acceptors (Lipinski definition) is 2. The number of hydrogen-bond donors (Lipinski definition) is 2. The van der Waals surface area contributed by atoms with Gasteiger partial charge in [0.2, 0.25) is 0 Å². The molecule has 0 amide bonds. The fourth-order valence-electron chi connectivity index (χ4n) is 2.47. The van der Waals surface area contributed by atoms with E-state index in [-0.39, 0.29) is 22.3 Å². The summed E-state index contributed by atoms with van der Waals surface area (Å²) in [5.41, 5.74) is 4.36. The first-order chi connectivity index (χ1) is 13.2. The van der Waals surface area contributed by atoms with Crippen LogP contribution in [0.4, 0.5) is 0 Å². The van der Waals surface area contributed by atoms with Gasteiger partial charge >= 0.3 is 0 Å². The Balaban J connectivity index is 0. The molecule has 2 unspecified atom stereocenters. The normalized spacial score (nSPS) is 9.03. The Morgan fingerprint density at radius 3 is 1.83 bits per heavy atom. The van der Waals surface area contributed by atoms with Crippen LogP contribution in [0.1, 0.15) is 40.3 Å². The van der Waals surface area contributed by atoms with Crippen molar-refractivity contribution in [3.8, 4) is 0 Å². The maximum atomic E-state index is 4.49. The van der Waals surface area contributed by atoms with Gasteiger partial charge in [0.1, 0.15) is 11.6 Å². The van der Waals surface area contributed by atoms with Crippen molar-refractivity contribution in [2.24, 2.45) is 0 Å². The van der Waals surface area contributed by atoms with Gasteiger partial charge in [-0.05, 0) is 49.9 Å². The van der Waals surface area contributed by atoms with E-state index in [0.717, 1.165) is 52.5 Å². The predicted octanol–water partition coefficient (Wildman–Crippen LogP) is 7.20. The molecule has 2 atom stereocenters. The third kappa shape index (κ3) is 9.65. The van der Waals surface area contributed by atoms with Gasteiger partial charge in [-0.1, -0.05) is 52.6 Å². The Morgan fingerprint density at radius 1 is 0.867 bits per heavy atom. The number of nitrogens with one attached hydrogen (secondary N) is 2. The number of allylic oxidation sites excluding steroid dienone is 1. The average Bonchev–Trinajstić information content (AvgIpc) is 3.28. The van der Waals surface area contributed by atoms with E-state index >= 15 is 0 Å². The van der Waals surface area contributed by atoms with Gasteiger partial charge in [-0.15, -0.1) is 25.1 Å². The summed E-state index contributed by atoms with van der Waals surface area (Å²) in [5, 5.41) is 0. The van der Waals surface area contributed by atoms with Crippen molar-refractivity contribution in [2.75, 3.05) is 12.3 Å². The molecule has 0 radical (unpaired) electrons. The second-order valence-corrected chi connectivity index (χ2v) is 7.01. The molecule has 0 saturated heterocycles. The number of nitrogens with zero attached hydrogens (tertiary/aromatic N) is 2. The first kappa shape index (κ1) is 30.2. The van der Waals surface area contributed by atoms with Crippen molar-refractivity contribution in [3.05, 3.63) is 72.8 Å². The average molecular weight is 447 g/mol. The maximum Gasteiger partial charge on any atom is 0.107 e. The summed E-state index contributed by atoms with van der Waals surface area (Å²) in [5.74, 6) is 2.07. The van der Waals surface area contributed by atoms with Crippen molar-refractivity contribution in [1.82, 2.24) is 19.9 Å². The number of aromatic nitrogens is 4. The lowest BCUT2D eigenvalue weighted by atomic mass is 10.3. The molecule has 4 rings (SSSR count). The highest BCUT2D eigenvalue weighted by Gasteiger charge is 1.99. The van der Waals surface area contributed by atoms with Crippen molar-refractivity contribution in [2.45, 2.75) is 42.0 Å². The second kappa shape index (κ2) is 16.7. The van der Waals surface area contributed by atoms with E-state index in [4.69, 9.17) is 0 Å². The summed E-state index contributed by atoms with van der Waals surface area (Å²) in [6, 6.07) is 16.2. The van der Waals surface area contributed by atoms with E-state index < -0.39 is 0 Å². The van der Waals surface area contributed by atoms with Gasteiger partial charge in [0.25, 0.3) is 0 Å². The minimum atomic E-state index is 0. The molecule has 2 heterocycles. The lowest BCUT2D eigenvalue weighted by Gasteiger charge is -1.90. The van der Waals surface area contributed by atoms with Crippen LogP contribution in [0, 0.1) is 6.92 Å². The topological polar surface area (TPSA) is 57.4 Å². The van der Waals surface area contributed by atoms with Crippen LogP contribution in [-0.2, 0) is 6.42 Å². The number of fused-ring (bicyclic) bond motifs is 2. The molecule has 0 aliphatic carbocycles. The van der Waals surface area contributed by atoms with E-state index in [2.05, 4.69) is 51.1 Å². The van der Waals surface area contributed by atoms with Gasteiger partial charge in [0.15, 0.2) is 0 Å². The summed E-state index contributed by atoms with van der Waals surface area (Å²) in [7, 11) is 5.27. The van der Waals surface area contributed by atoms with Crippen LogP contribution in [0.15, 0.2) is 61.2 Å². The van der Waals surface area contributed by atoms with Crippen LogP contribution in [0.5, 0.6) is 0 Å². The molecule has 0 bridgehead atoms. The molecular weight excluding hydrogens is 406 g/mol. The van der Waals surface area contributed by atoms with Crippen molar-refractivity contribution < 1.29 is 0 Å². The second-order valence-electron chi connectivity index (χ2n) is 5.96. The molecule has 2 N–H and O–H groups in total. The highest BCUT2D eigenvalue weighted by molar-refractivity contribution is 7.16. The molecule has 2 aromatic carbocycles. The Morgan fingerprint density at radius 2 is 1.37 bits per heavy atom. The zero-order valence-corrected chi connectivity index (χ0v) is 18.1. The molecule has 6 heteroatoms. The van der Waals surface area contributed by atoms with Crippen LogP contribution in [-0.4, -0.2) is 32.3 Å². The molecule has 0 saturated carbocycles. The van der Waals surface area contributed by atoms with Crippen LogP contribution in [0.25, 0.3) is 22.1 Å². The third-order valence-electron chi connectivity index (χ3n) is 3.73. The number of aryl methyl sites for hydroxylation is 2. The summed E-state index contributed by atoms with van der Waals surface area (Å²) < 4.78 is 0. The molecule has 0 fully saturated rings. The minimum absolute atomic E-state index is 0. The van der Waals surface area contributed by atoms with Gasteiger partial charge in [-0.2, -0.15) is 0 Å². The predicted molar refractivity (Wildman–Crippen MR) is 145 cm³/mol. The van der Waals surface area contributed by atoms with E-state index in [1.165, 1.54) is 6.42 Å². The van der Waals surface area contributed by atoms with Crippen LogP contribution < -0.4 is 0 Å². The standard InChI is InChI=1S/C10H13N2P.C8H8N2.C3H7P.3CH4/c13-7-3-6-10-11-8-4-1-2-5-9(8)12-10;1-6-9-7-4-2-3-5-8(7)10-6;1-2-3-4;;;/h1-2,4-5H,3,6-7,13H2,(H,11,12);2-5H,1H3,(H,9,10);2H,1,3-4H2;3*1H4. The molecular formula is C24H40N4P2. The Labute approximate surface area is 187 Å². The SMILES string of the molecule is C.C.C.C=CCP.Cc1nc2ccccc2[nH]1.PCCCc1nc2ccccc2[nH]1. The Hall–Kier alpha value is -2.02. The van der Waals surface area contributed by atoms with Crippen molar-refractivity contribution >= 4 is 40.5 Å². The number of aromatic amines is 2.